The lowest BCUT2D eigenvalue weighted by atomic mass is 10.1. The third kappa shape index (κ3) is 3.63. The molecule has 1 aromatic rings. The molecule has 2 saturated heterocycles. The molecule has 6 heteroatoms. The molecule has 0 bridgehead atoms. The monoisotopic (exact) mass is 310 g/mol. The number of cyclic esters (lactones) is 1. The van der Waals surface area contributed by atoms with Crippen molar-refractivity contribution in [3.63, 3.8) is 0 Å². The fourth-order valence-electron chi connectivity index (χ4n) is 2.96. The smallest absolute Gasteiger partial charge is 0.323 e. The Hall–Kier alpha value is -0.950. The number of esters is 1. The number of carbonyl (C=O) groups excluding carboxylic acids is 1. The van der Waals surface area contributed by atoms with Gasteiger partial charge in [0, 0.05) is 30.9 Å². The minimum absolute atomic E-state index is 0.0265. The maximum absolute atomic E-state index is 11.7. The molecule has 3 atom stereocenters. The second kappa shape index (κ2) is 6.87. The van der Waals surface area contributed by atoms with Gasteiger partial charge in [0.05, 0.1) is 19.3 Å². The molecule has 0 saturated carbocycles. The summed E-state index contributed by atoms with van der Waals surface area (Å²) >= 11 is 1.77. The van der Waals surface area contributed by atoms with Crippen LogP contribution in [-0.2, 0) is 14.3 Å². The molecule has 1 aromatic heterocycles. The Balaban J connectivity index is 1.63. The van der Waals surface area contributed by atoms with Crippen molar-refractivity contribution in [2.45, 2.75) is 31.5 Å². The molecule has 0 unspecified atom stereocenters. The second-order valence-electron chi connectivity index (χ2n) is 5.62. The van der Waals surface area contributed by atoms with Crippen LogP contribution in [0.25, 0.3) is 0 Å². The van der Waals surface area contributed by atoms with Gasteiger partial charge in [0.25, 0.3) is 0 Å². The van der Waals surface area contributed by atoms with Crippen LogP contribution in [0, 0.1) is 0 Å². The minimum atomic E-state index is -0.163. The van der Waals surface area contributed by atoms with E-state index in [9.17, 15) is 4.79 Å². The van der Waals surface area contributed by atoms with Crippen LogP contribution in [-0.4, -0.2) is 55.9 Å². The predicted octanol–water partition coefficient (Wildman–Crippen LogP) is 1.42. The maximum atomic E-state index is 11.7. The molecule has 3 rings (SSSR count). The van der Waals surface area contributed by atoms with Crippen molar-refractivity contribution in [3.05, 3.63) is 22.4 Å². The van der Waals surface area contributed by atoms with Crippen LogP contribution < -0.4 is 5.32 Å². The zero-order valence-corrected chi connectivity index (χ0v) is 13.1. The number of morpholine rings is 1. The highest BCUT2D eigenvalue weighted by Gasteiger charge is 2.33. The normalized spacial score (nSPS) is 28.5. The zero-order valence-electron chi connectivity index (χ0n) is 12.3. The van der Waals surface area contributed by atoms with Crippen molar-refractivity contribution in [2.24, 2.45) is 0 Å². The summed E-state index contributed by atoms with van der Waals surface area (Å²) in [6.07, 6.45) is 0.789. The molecule has 2 fully saturated rings. The van der Waals surface area contributed by atoms with Gasteiger partial charge in [-0.25, -0.2) is 0 Å². The maximum Gasteiger partial charge on any atom is 0.323 e. The first-order chi connectivity index (χ1) is 10.2. The average molecular weight is 310 g/mol. The number of hydrogen-bond acceptors (Lipinski definition) is 6. The van der Waals surface area contributed by atoms with Crippen LogP contribution in [0.1, 0.15) is 24.3 Å². The Kier molecular flexibility index (Phi) is 4.90. The van der Waals surface area contributed by atoms with Gasteiger partial charge in [-0.3, -0.25) is 9.69 Å². The van der Waals surface area contributed by atoms with Gasteiger partial charge in [0.2, 0.25) is 0 Å². The molecule has 0 amide bonds. The van der Waals surface area contributed by atoms with Gasteiger partial charge in [0.15, 0.2) is 0 Å². The van der Waals surface area contributed by atoms with E-state index < -0.39 is 0 Å². The van der Waals surface area contributed by atoms with E-state index in [1.807, 2.05) is 6.92 Å². The third-order valence-corrected chi connectivity index (χ3v) is 5.06. The molecule has 0 radical (unpaired) electrons. The summed E-state index contributed by atoms with van der Waals surface area (Å²) in [6.45, 7) is 6.16. The van der Waals surface area contributed by atoms with Gasteiger partial charge in [-0.05, 0) is 18.4 Å². The highest BCUT2D eigenvalue weighted by Crippen LogP contribution is 2.26. The minimum Gasteiger partial charge on any atom is -0.461 e. The standard InChI is InChI=1S/C15H22N2O3S/c1-11-9-12(15(18)20-11)16-10-13(14-3-2-8-21-14)17-4-6-19-7-5-17/h2-3,8,11-13,16H,4-7,9-10H2,1H3/t11-,12+,13+/m1/s1. The molecular formula is C15H22N2O3S. The van der Waals surface area contributed by atoms with Gasteiger partial charge in [-0.2, -0.15) is 0 Å². The lowest BCUT2D eigenvalue weighted by Gasteiger charge is -2.34. The molecule has 0 spiro atoms. The molecular weight excluding hydrogens is 288 g/mol. The molecule has 2 aliphatic rings. The topological polar surface area (TPSA) is 50.8 Å². The molecule has 1 N–H and O–H groups in total. The largest absolute Gasteiger partial charge is 0.461 e. The van der Waals surface area contributed by atoms with Crippen LogP contribution in [0.5, 0.6) is 0 Å². The molecule has 2 aliphatic heterocycles. The van der Waals surface area contributed by atoms with Gasteiger partial charge >= 0.3 is 5.97 Å². The van der Waals surface area contributed by atoms with Gasteiger partial charge in [-0.1, -0.05) is 6.07 Å². The number of nitrogens with one attached hydrogen (secondary N) is 1. The van der Waals surface area contributed by atoms with Crippen molar-refractivity contribution in [2.75, 3.05) is 32.8 Å². The first-order valence-electron chi connectivity index (χ1n) is 7.53. The summed E-state index contributed by atoms with van der Waals surface area (Å²) in [5.74, 6) is -0.116. The highest BCUT2D eigenvalue weighted by molar-refractivity contribution is 7.10. The lowest BCUT2D eigenvalue weighted by Crippen LogP contribution is -2.45. The van der Waals surface area contributed by atoms with Crippen molar-refractivity contribution in [1.82, 2.24) is 10.2 Å². The van der Waals surface area contributed by atoms with Crippen molar-refractivity contribution >= 4 is 17.3 Å². The van der Waals surface area contributed by atoms with Crippen molar-refractivity contribution < 1.29 is 14.3 Å². The van der Waals surface area contributed by atoms with Crippen molar-refractivity contribution in [1.29, 1.82) is 0 Å². The SMILES string of the molecule is C[C@@H]1C[C@H](NC[C@@H](c2cccs2)N2CCOCC2)C(=O)O1. The Bertz CT molecular complexity index is 459. The van der Waals surface area contributed by atoms with E-state index in [1.54, 1.807) is 11.3 Å². The van der Waals surface area contributed by atoms with E-state index in [2.05, 4.69) is 27.7 Å². The van der Waals surface area contributed by atoms with Gasteiger partial charge in [0.1, 0.15) is 12.1 Å². The molecule has 5 nitrogen and oxygen atoms in total. The Morgan fingerprint density at radius 2 is 2.29 bits per heavy atom. The summed E-state index contributed by atoms with van der Waals surface area (Å²) in [5, 5.41) is 5.50. The number of ether oxygens (including phenoxy) is 2. The summed E-state index contributed by atoms with van der Waals surface area (Å²) in [5.41, 5.74) is 0. The van der Waals surface area contributed by atoms with Crippen LogP contribution in [0.4, 0.5) is 0 Å². The van der Waals surface area contributed by atoms with E-state index >= 15 is 0 Å². The van der Waals surface area contributed by atoms with Gasteiger partial charge < -0.3 is 14.8 Å². The lowest BCUT2D eigenvalue weighted by molar-refractivity contribution is -0.142. The van der Waals surface area contributed by atoms with E-state index in [0.29, 0.717) is 6.04 Å². The summed E-state index contributed by atoms with van der Waals surface area (Å²) in [6, 6.07) is 4.39. The van der Waals surface area contributed by atoms with Crippen LogP contribution in [0.3, 0.4) is 0 Å². The zero-order chi connectivity index (χ0) is 14.7. The van der Waals surface area contributed by atoms with E-state index in [4.69, 9.17) is 9.47 Å². The Morgan fingerprint density at radius 3 is 2.90 bits per heavy atom. The highest BCUT2D eigenvalue weighted by atomic mass is 32.1. The summed E-state index contributed by atoms with van der Waals surface area (Å²) < 4.78 is 10.7. The molecule has 21 heavy (non-hydrogen) atoms. The van der Waals surface area contributed by atoms with E-state index in [1.165, 1.54) is 4.88 Å². The second-order valence-corrected chi connectivity index (χ2v) is 6.60. The Morgan fingerprint density at radius 1 is 1.48 bits per heavy atom. The number of rotatable bonds is 5. The predicted molar refractivity (Wildman–Crippen MR) is 81.4 cm³/mol. The van der Waals surface area contributed by atoms with Crippen LogP contribution in [0.2, 0.25) is 0 Å². The van der Waals surface area contributed by atoms with Crippen LogP contribution in [0.15, 0.2) is 17.5 Å². The van der Waals surface area contributed by atoms with Crippen LogP contribution >= 0.6 is 11.3 Å². The van der Waals surface area contributed by atoms with Crippen molar-refractivity contribution in [3.8, 4) is 0 Å². The number of nitrogens with zero attached hydrogens (tertiary/aromatic N) is 1. The number of thiophene rings is 1. The molecule has 0 aromatic carbocycles. The average Bonchev–Trinajstić information content (AvgIpc) is 3.11. The van der Waals surface area contributed by atoms with E-state index in [0.717, 1.165) is 39.3 Å². The molecule has 3 heterocycles. The molecule has 0 aliphatic carbocycles. The first kappa shape index (κ1) is 15.0. The third-order valence-electron chi connectivity index (χ3n) is 4.09. The fraction of sp³-hybridized carbons (Fsp3) is 0.667. The van der Waals surface area contributed by atoms with Gasteiger partial charge in [-0.15, -0.1) is 11.3 Å². The summed E-state index contributed by atoms with van der Waals surface area (Å²) in [7, 11) is 0. The summed E-state index contributed by atoms with van der Waals surface area (Å²) in [4.78, 5) is 15.5. The quantitative estimate of drug-likeness (QED) is 0.834. The Labute approximate surface area is 129 Å². The number of carbonyl (C=O) groups is 1. The number of hydrogen-bond donors (Lipinski definition) is 1. The molecule has 116 valence electrons. The fourth-order valence-corrected chi connectivity index (χ4v) is 3.82. The first-order valence-corrected chi connectivity index (χ1v) is 8.41. The van der Waals surface area contributed by atoms with E-state index in [-0.39, 0.29) is 18.1 Å².